The number of aromatic nitrogens is 2. The summed E-state index contributed by atoms with van der Waals surface area (Å²) in [6.45, 7) is 0. The fourth-order valence-corrected chi connectivity index (χ4v) is 1.62. The smallest absolute Gasteiger partial charge is 0.351 e. The predicted molar refractivity (Wildman–Crippen MR) is 53.5 cm³/mol. The van der Waals surface area contributed by atoms with E-state index in [-0.39, 0.29) is 12.2 Å². The third-order valence-electron chi connectivity index (χ3n) is 2.43. The number of aliphatic hydroxyl groups is 1. The molecule has 0 radical (unpaired) electrons. The Kier molecular flexibility index (Phi) is 2.71. The third kappa shape index (κ3) is 1.82. The Morgan fingerprint density at radius 3 is 3.00 bits per heavy atom. The molecule has 0 aromatic carbocycles. The van der Waals surface area contributed by atoms with Crippen molar-refractivity contribution < 1.29 is 14.6 Å². The molecule has 1 aliphatic heterocycles. The Balaban J connectivity index is 2.26. The summed E-state index contributed by atoms with van der Waals surface area (Å²) in [5.74, 6) is 0.117. The molecule has 0 spiro atoms. The summed E-state index contributed by atoms with van der Waals surface area (Å²) in [4.78, 5) is 25.5. The van der Waals surface area contributed by atoms with E-state index in [2.05, 4.69) is 4.98 Å². The van der Waals surface area contributed by atoms with Crippen molar-refractivity contribution in [3.05, 3.63) is 22.7 Å². The fraction of sp³-hybridized carbons (Fsp3) is 0.444. The van der Waals surface area contributed by atoms with Crippen LogP contribution < -0.4 is 11.4 Å². The van der Waals surface area contributed by atoms with Gasteiger partial charge in [0, 0.05) is 12.6 Å². The number of aldehydes is 1. The van der Waals surface area contributed by atoms with E-state index in [4.69, 9.17) is 10.5 Å². The van der Waals surface area contributed by atoms with Gasteiger partial charge in [-0.25, -0.2) is 4.79 Å². The fourth-order valence-electron chi connectivity index (χ4n) is 1.62. The van der Waals surface area contributed by atoms with Crippen molar-refractivity contribution >= 4 is 12.1 Å². The van der Waals surface area contributed by atoms with Crippen molar-refractivity contribution in [1.29, 1.82) is 0 Å². The summed E-state index contributed by atoms with van der Waals surface area (Å²) in [6, 6.07) is 1.45. The standard InChI is InChI=1S/C9H11N3O4/c10-7-1-2-12(9(15)11-7)8-3-5(14)6(4-13)16-8/h1-2,4-6,8,14H,3H2,(H2,10,11,15)/t5-,6+,8+/m0/s1. The number of rotatable bonds is 2. The van der Waals surface area contributed by atoms with Gasteiger partial charge in [0.2, 0.25) is 0 Å². The van der Waals surface area contributed by atoms with E-state index in [0.717, 1.165) is 0 Å². The minimum atomic E-state index is -0.896. The summed E-state index contributed by atoms with van der Waals surface area (Å²) in [6.07, 6.45) is -0.350. The summed E-state index contributed by atoms with van der Waals surface area (Å²) in [7, 11) is 0. The second-order valence-electron chi connectivity index (χ2n) is 3.54. The van der Waals surface area contributed by atoms with Crippen molar-refractivity contribution in [3.63, 3.8) is 0 Å². The molecule has 7 heteroatoms. The second kappa shape index (κ2) is 4.03. The summed E-state index contributed by atoms with van der Waals surface area (Å²) in [5, 5.41) is 9.45. The molecule has 0 bridgehead atoms. The van der Waals surface area contributed by atoms with Crippen LogP contribution in [0.3, 0.4) is 0 Å². The molecule has 1 aromatic heterocycles. The van der Waals surface area contributed by atoms with Gasteiger partial charge < -0.3 is 20.4 Å². The van der Waals surface area contributed by atoms with Crippen LogP contribution in [0, 0.1) is 0 Å². The summed E-state index contributed by atoms with van der Waals surface area (Å²) in [5.41, 5.74) is 4.77. The highest BCUT2D eigenvalue weighted by molar-refractivity contribution is 5.57. The first-order chi connectivity index (χ1) is 7.61. The van der Waals surface area contributed by atoms with Crippen molar-refractivity contribution in [1.82, 2.24) is 9.55 Å². The number of carbonyl (C=O) groups excluding carboxylic acids is 1. The van der Waals surface area contributed by atoms with Crippen LogP contribution in [0.2, 0.25) is 0 Å². The average molecular weight is 225 g/mol. The molecule has 1 fully saturated rings. The van der Waals surface area contributed by atoms with E-state index in [1.54, 1.807) is 0 Å². The zero-order valence-corrected chi connectivity index (χ0v) is 8.31. The lowest BCUT2D eigenvalue weighted by molar-refractivity contribution is -0.122. The molecule has 7 nitrogen and oxygen atoms in total. The zero-order chi connectivity index (χ0) is 11.7. The van der Waals surface area contributed by atoms with Gasteiger partial charge in [-0.15, -0.1) is 0 Å². The van der Waals surface area contributed by atoms with Crippen LogP contribution in [0.15, 0.2) is 17.1 Å². The second-order valence-corrected chi connectivity index (χ2v) is 3.54. The predicted octanol–water partition coefficient (Wildman–Crippen LogP) is -1.33. The molecule has 86 valence electrons. The van der Waals surface area contributed by atoms with Crippen LogP contribution in [0.5, 0.6) is 0 Å². The number of hydrogen-bond donors (Lipinski definition) is 2. The van der Waals surface area contributed by atoms with Gasteiger partial charge in [0.1, 0.15) is 18.1 Å². The number of nitrogens with two attached hydrogens (primary N) is 1. The van der Waals surface area contributed by atoms with Gasteiger partial charge in [-0.3, -0.25) is 4.57 Å². The molecule has 1 aromatic rings. The van der Waals surface area contributed by atoms with Crippen molar-refractivity contribution in [2.24, 2.45) is 0 Å². The van der Waals surface area contributed by atoms with Crippen LogP contribution in [0.4, 0.5) is 5.82 Å². The Morgan fingerprint density at radius 2 is 2.44 bits per heavy atom. The Morgan fingerprint density at radius 1 is 1.69 bits per heavy atom. The van der Waals surface area contributed by atoms with E-state index >= 15 is 0 Å². The van der Waals surface area contributed by atoms with E-state index in [0.29, 0.717) is 6.29 Å². The highest BCUT2D eigenvalue weighted by Gasteiger charge is 2.35. The normalized spacial score (nSPS) is 29.2. The van der Waals surface area contributed by atoms with Gasteiger partial charge in [0.25, 0.3) is 0 Å². The lowest BCUT2D eigenvalue weighted by Gasteiger charge is -2.12. The van der Waals surface area contributed by atoms with Crippen molar-refractivity contribution in [2.75, 3.05) is 5.73 Å². The number of aliphatic hydroxyl groups excluding tert-OH is 1. The van der Waals surface area contributed by atoms with E-state index < -0.39 is 24.1 Å². The molecule has 0 saturated carbocycles. The summed E-state index contributed by atoms with van der Waals surface area (Å²) < 4.78 is 6.39. The molecule has 0 aliphatic carbocycles. The van der Waals surface area contributed by atoms with Crippen molar-refractivity contribution in [3.8, 4) is 0 Å². The quantitative estimate of drug-likeness (QED) is 0.604. The van der Waals surface area contributed by atoms with Gasteiger partial charge in [-0.05, 0) is 6.07 Å². The topological polar surface area (TPSA) is 107 Å². The van der Waals surface area contributed by atoms with Gasteiger partial charge in [0.05, 0.1) is 6.10 Å². The Bertz CT molecular complexity index is 458. The lowest BCUT2D eigenvalue weighted by atomic mass is 10.2. The first-order valence-corrected chi connectivity index (χ1v) is 4.75. The molecular weight excluding hydrogens is 214 g/mol. The molecular formula is C9H11N3O4. The maximum atomic E-state index is 11.5. The largest absolute Gasteiger partial charge is 0.390 e. The van der Waals surface area contributed by atoms with E-state index in [1.807, 2.05) is 0 Å². The minimum absolute atomic E-state index is 0.117. The van der Waals surface area contributed by atoms with Gasteiger partial charge in [0.15, 0.2) is 6.29 Å². The van der Waals surface area contributed by atoms with Crippen LogP contribution >= 0.6 is 0 Å². The van der Waals surface area contributed by atoms with Gasteiger partial charge in [-0.1, -0.05) is 0 Å². The molecule has 0 unspecified atom stereocenters. The maximum absolute atomic E-state index is 11.5. The Labute approximate surface area is 90.5 Å². The molecule has 2 heterocycles. The number of ether oxygens (including phenoxy) is 1. The first-order valence-electron chi connectivity index (χ1n) is 4.75. The van der Waals surface area contributed by atoms with E-state index in [1.165, 1.54) is 16.8 Å². The minimum Gasteiger partial charge on any atom is -0.390 e. The van der Waals surface area contributed by atoms with Gasteiger partial charge >= 0.3 is 5.69 Å². The molecule has 3 atom stereocenters. The zero-order valence-electron chi connectivity index (χ0n) is 8.31. The molecule has 1 aliphatic rings. The summed E-state index contributed by atoms with van der Waals surface area (Å²) >= 11 is 0. The number of anilines is 1. The van der Waals surface area contributed by atoms with Crippen LogP contribution in [0.1, 0.15) is 12.6 Å². The molecule has 16 heavy (non-hydrogen) atoms. The van der Waals surface area contributed by atoms with Crippen LogP contribution in [-0.2, 0) is 9.53 Å². The van der Waals surface area contributed by atoms with Crippen LogP contribution in [-0.4, -0.2) is 33.2 Å². The SMILES string of the molecule is Nc1ccn([C@H]2C[C@H](O)[C@@H](C=O)O2)c(=O)n1. The number of nitrogens with zero attached hydrogens (tertiary/aromatic N) is 2. The lowest BCUT2D eigenvalue weighted by Crippen LogP contribution is -2.27. The first kappa shape index (κ1) is 10.8. The molecule has 0 amide bonds. The van der Waals surface area contributed by atoms with E-state index in [9.17, 15) is 14.7 Å². The van der Waals surface area contributed by atoms with Crippen molar-refractivity contribution in [2.45, 2.75) is 24.9 Å². The monoisotopic (exact) mass is 225 g/mol. The Hall–Kier alpha value is -1.73. The highest BCUT2D eigenvalue weighted by Crippen LogP contribution is 2.26. The average Bonchev–Trinajstić information content (AvgIpc) is 2.59. The highest BCUT2D eigenvalue weighted by atomic mass is 16.5. The molecule has 1 saturated heterocycles. The van der Waals surface area contributed by atoms with Gasteiger partial charge in [-0.2, -0.15) is 4.98 Å². The third-order valence-corrected chi connectivity index (χ3v) is 2.43. The molecule has 2 rings (SSSR count). The number of nitrogen functional groups attached to an aromatic ring is 1. The number of carbonyl (C=O) groups is 1. The van der Waals surface area contributed by atoms with Crippen LogP contribution in [0.25, 0.3) is 0 Å². The molecule has 3 N–H and O–H groups in total. The maximum Gasteiger partial charge on any atom is 0.351 e. The number of hydrogen-bond acceptors (Lipinski definition) is 6.